The second-order valence-corrected chi connectivity index (χ2v) is 18.0. The summed E-state index contributed by atoms with van der Waals surface area (Å²) in [6.07, 6.45) is -20.1. The molecule has 0 amide bonds. The van der Waals surface area contributed by atoms with Gasteiger partial charge >= 0.3 is 23.9 Å². The van der Waals surface area contributed by atoms with Gasteiger partial charge in [-0.05, 0) is 11.1 Å². The first kappa shape index (κ1) is 56.1. The fraction of sp³-hybridized carbons (Fsp3) is 0.622. The van der Waals surface area contributed by atoms with Crippen molar-refractivity contribution in [3.8, 4) is 0 Å². The second-order valence-electron chi connectivity index (χ2n) is 15.7. The number of carbonyl (C=O) groups is 4. The molecule has 0 spiro atoms. The minimum absolute atomic E-state index is 0.127. The Labute approximate surface area is 414 Å². The molecule has 0 radical (unpaired) electrons. The van der Waals surface area contributed by atoms with E-state index in [0.29, 0.717) is 11.1 Å². The molecule has 2 aromatic rings. The van der Waals surface area contributed by atoms with Crippen LogP contribution < -0.4 is 0 Å². The van der Waals surface area contributed by atoms with Crippen LogP contribution in [0.3, 0.4) is 0 Å². The highest BCUT2D eigenvalue weighted by atomic mass is 35.6. The van der Waals surface area contributed by atoms with Crippen LogP contribution in [0.25, 0.3) is 0 Å². The van der Waals surface area contributed by atoms with Gasteiger partial charge < -0.3 is 75.8 Å². The van der Waals surface area contributed by atoms with Crippen molar-refractivity contribution in [1.82, 2.24) is 0 Å². The molecule has 1 unspecified atom stereocenters. The summed E-state index contributed by atoms with van der Waals surface area (Å²) in [5.41, 5.74) is 1.31. The molecule has 21 nitrogen and oxygen atoms in total. The van der Waals surface area contributed by atoms with E-state index in [2.05, 4.69) is 0 Å². The molecular weight excluding hydrogens is 981 g/mol. The van der Waals surface area contributed by atoms with Crippen LogP contribution in [0.15, 0.2) is 60.7 Å². The van der Waals surface area contributed by atoms with Crippen LogP contribution in [0.1, 0.15) is 31.9 Å². The number of nitrogens with one attached hydrogen (secondary N) is 1. The lowest BCUT2D eigenvalue weighted by atomic mass is 9.95. The zero-order valence-corrected chi connectivity index (χ0v) is 41.3. The second kappa shape index (κ2) is 26.6. The quantitative estimate of drug-likeness (QED) is 0.0616. The van der Waals surface area contributed by atoms with Gasteiger partial charge in [0.05, 0.1) is 6.61 Å². The number of hydrogen-bond donors (Lipinski definition) is 1. The Hall–Kier alpha value is -3.78. The topological polar surface area (TPSA) is 240 Å². The van der Waals surface area contributed by atoms with Crippen LogP contribution in [-0.4, -0.2) is 174 Å². The lowest BCUT2D eigenvalue weighted by Gasteiger charge is -2.50. The maximum absolute atomic E-state index is 14.5. The van der Waals surface area contributed by atoms with Crippen molar-refractivity contribution in [2.75, 3.05) is 48.8 Å². The highest BCUT2D eigenvalue weighted by molar-refractivity contribution is 6.76. The third kappa shape index (κ3) is 15.1. The van der Waals surface area contributed by atoms with Gasteiger partial charge in [-0.1, -0.05) is 95.5 Å². The van der Waals surface area contributed by atoms with Gasteiger partial charge in [0.25, 0.3) is 3.79 Å². The van der Waals surface area contributed by atoms with E-state index in [0.717, 1.165) is 13.8 Å². The predicted octanol–water partition coefficient (Wildman–Crippen LogP) is 3.76. The van der Waals surface area contributed by atoms with Gasteiger partial charge in [0.2, 0.25) is 12.2 Å². The van der Waals surface area contributed by atoms with Crippen molar-refractivity contribution in [3.63, 3.8) is 0 Å². The molecule has 3 aliphatic heterocycles. The number of ether oxygens (including phenoxy) is 16. The SMILES string of the molecule is CO[C@@H]1[C@@H](OC)[C@H](O[C@H]2[C@H](OC(C)=O)[C@@H](OCc3ccccc3)C(OC(=N)C(Cl)(Cl)Cl)O[C@@H]2COC(C)=O)O[C@H](C(=O)OCc2ccccc2)[C@H]1O[C@H]1O[C@H](COC(C)=O)[C@@H](OC)[C@H](OC)[C@H]1OC. The predicted molar refractivity (Wildman–Crippen MR) is 239 cm³/mol. The number of halogens is 3. The summed E-state index contributed by atoms with van der Waals surface area (Å²) < 4.78 is 94.0. The number of methoxy groups -OCH3 is 5. The van der Waals surface area contributed by atoms with Gasteiger partial charge in [-0.25, -0.2) is 4.79 Å². The van der Waals surface area contributed by atoms with E-state index < -0.39 is 132 Å². The lowest BCUT2D eigenvalue weighted by molar-refractivity contribution is -0.379. The molecule has 15 atom stereocenters. The fourth-order valence-corrected chi connectivity index (χ4v) is 8.08. The molecular formula is C45H58Cl3NO20. The third-order valence-corrected chi connectivity index (χ3v) is 11.6. The van der Waals surface area contributed by atoms with E-state index in [1.165, 1.54) is 42.5 Å². The average Bonchev–Trinajstić information content (AvgIpc) is 3.32. The minimum Gasteiger partial charge on any atom is -0.463 e. The lowest BCUT2D eigenvalue weighted by Crippen LogP contribution is -2.68. The Bertz CT molecular complexity index is 1970. The van der Waals surface area contributed by atoms with Crippen LogP contribution in [0.2, 0.25) is 0 Å². The molecule has 0 bridgehead atoms. The van der Waals surface area contributed by atoms with Crippen molar-refractivity contribution < 1.29 is 95.0 Å². The third-order valence-electron chi connectivity index (χ3n) is 11.1. The molecule has 3 fully saturated rings. The smallest absolute Gasteiger partial charge is 0.338 e. The van der Waals surface area contributed by atoms with E-state index >= 15 is 0 Å². The van der Waals surface area contributed by atoms with E-state index in [4.69, 9.17) is 116 Å². The highest BCUT2D eigenvalue weighted by Gasteiger charge is 2.59. The summed E-state index contributed by atoms with van der Waals surface area (Å²) in [4.78, 5) is 51.7. The molecule has 3 saturated heterocycles. The Morgan fingerprint density at radius 2 is 0.986 bits per heavy atom. The first-order valence-electron chi connectivity index (χ1n) is 21.5. The van der Waals surface area contributed by atoms with Crippen LogP contribution in [0.5, 0.6) is 0 Å². The first-order chi connectivity index (χ1) is 32.9. The number of rotatable bonds is 21. The first-order valence-corrected chi connectivity index (χ1v) is 22.6. The Kier molecular flexibility index (Phi) is 21.6. The number of alkyl halides is 3. The molecule has 3 heterocycles. The molecule has 384 valence electrons. The summed E-state index contributed by atoms with van der Waals surface area (Å²) in [6.45, 7) is 2.34. The van der Waals surface area contributed by atoms with Crippen LogP contribution >= 0.6 is 34.8 Å². The number of carbonyl (C=O) groups excluding carboxylic acids is 4. The molecule has 5 rings (SSSR count). The molecule has 0 aromatic heterocycles. The largest absolute Gasteiger partial charge is 0.463 e. The molecule has 69 heavy (non-hydrogen) atoms. The van der Waals surface area contributed by atoms with Crippen molar-refractivity contribution in [2.45, 2.75) is 130 Å². The molecule has 24 heteroatoms. The van der Waals surface area contributed by atoms with Gasteiger partial charge in [0.1, 0.15) is 74.8 Å². The Morgan fingerprint density at radius 3 is 1.48 bits per heavy atom. The number of hydrogen-bond acceptors (Lipinski definition) is 21. The summed E-state index contributed by atoms with van der Waals surface area (Å²) in [5.74, 6) is -3.99. The zero-order chi connectivity index (χ0) is 50.4. The van der Waals surface area contributed by atoms with Crippen molar-refractivity contribution in [3.05, 3.63) is 71.8 Å². The van der Waals surface area contributed by atoms with E-state index in [1.807, 2.05) is 0 Å². The summed E-state index contributed by atoms with van der Waals surface area (Å²) in [6, 6.07) is 17.7. The summed E-state index contributed by atoms with van der Waals surface area (Å²) >= 11 is 18.1. The molecule has 0 saturated carbocycles. The Morgan fingerprint density at radius 1 is 0.522 bits per heavy atom. The fourth-order valence-electron chi connectivity index (χ4n) is 7.94. The number of esters is 4. The number of benzene rings is 2. The molecule has 2 aromatic carbocycles. The van der Waals surface area contributed by atoms with Crippen LogP contribution in [0, 0.1) is 5.41 Å². The molecule has 1 N–H and O–H groups in total. The van der Waals surface area contributed by atoms with Gasteiger partial charge in [-0.15, -0.1) is 0 Å². The van der Waals surface area contributed by atoms with Crippen molar-refractivity contribution >= 4 is 64.6 Å². The van der Waals surface area contributed by atoms with Gasteiger partial charge in [-0.2, -0.15) is 0 Å². The molecule has 0 aliphatic carbocycles. The minimum atomic E-state index is -2.38. The van der Waals surface area contributed by atoms with Crippen molar-refractivity contribution in [1.29, 1.82) is 5.41 Å². The Balaban J connectivity index is 1.58. The van der Waals surface area contributed by atoms with Gasteiger partial charge in [-0.3, -0.25) is 19.8 Å². The average molecular weight is 1040 g/mol. The van der Waals surface area contributed by atoms with E-state index in [-0.39, 0.29) is 19.8 Å². The monoisotopic (exact) mass is 1040 g/mol. The van der Waals surface area contributed by atoms with Gasteiger partial charge in [0.15, 0.2) is 30.9 Å². The standard InChI is InChI=1S/C45H58Cl3NO20/c1-23(50)59-21-28-30(54-4)32(55-5)37(57-7)41(64-28)67-35-33(56-6)38(58-8)42(68-36(35)40(53)62-20-27-17-13-10-14-18-27)66-31-29(22-60-24(2)51)65-43(69-44(49)45(46,47)48)39(34(31)63-25(3)52)61-19-26-15-11-9-12-16-26/h9-18,28-39,41-43,49H,19-22H2,1-8H3/t28-,29-,30-,31-,32+,33+,34+,35+,36+,37-,38-,39-,41-,42-,43?/m1/s1. The van der Waals surface area contributed by atoms with Gasteiger partial charge in [0, 0.05) is 56.3 Å². The zero-order valence-electron chi connectivity index (χ0n) is 39.1. The normalized spacial score (nSPS) is 31.5. The van der Waals surface area contributed by atoms with E-state index in [1.54, 1.807) is 60.7 Å². The van der Waals surface area contributed by atoms with Crippen LogP contribution in [0.4, 0.5) is 0 Å². The summed E-state index contributed by atoms with van der Waals surface area (Å²) in [5, 5.41) is 8.40. The van der Waals surface area contributed by atoms with E-state index in [9.17, 15) is 19.2 Å². The maximum Gasteiger partial charge on any atom is 0.338 e. The molecule has 3 aliphatic rings. The van der Waals surface area contributed by atoms with Crippen molar-refractivity contribution in [2.24, 2.45) is 0 Å². The maximum atomic E-state index is 14.5. The highest BCUT2D eigenvalue weighted by Crippen LogP contribution is 2.39. The van der Waals surface area contributed by atoms with Crippen LogP contribution in [-0.2, 0) is 108 Å². The summed E-state index contributed by atoms with van der Waals surface area (Å²) in [7, 11) is 6.87.